The van der Waals surface area contributed by atoms with Crippen molar-refractivity contribution in [2.24, 2.45) is 0 Å². The Morgan fingerprint density at radius 3 is 2.22 bits per heavy atom. The van der Waals surface area contributed by atoms with Crippen molar-refractivity contribution in [3.05, 3.63) is 69.9 Å². The number of nitro groups is 1. The Bertz CT molecular complexity index is 1020. The first kappa shape index (κ1) is 15.2. The summed E-state index contributed by atoms with van der Waals surface area (Å²) in [5, 5.41) is 11.6. The smallest absolute Gasteiger partial charge is 0.258 e. The van der Waals surface area contributed by atoms with Gasteiger partial charge in [0.1, 0.15) is 0 Å². The van der Waals surface area contributed by atoms with Crippen molar-refractivity contribution in [3.63, 3.8) is 0 Å². The number of rotatable bonds is 3. The fourth-order valence-electron chi connectivity index (χ4n) is 2.47. The number of aryl methyl sites for hydroxylation is 2. The molecule has 0 aliphatic carbocycles. The fraction of sp³-hybridized carbons (Fsp3) is 0.125. The first-order valence-corrected chi connectivity index (χ1v) is 8.33. The van der Waals surface area contributed by atoms with Gasteiger partial charge in [0.15, 0.2) is 0 Å². The molecule has 0 spiro atoms. The highest BCUT2D eigenvalue weighted by Crippen LogP contribution is 2.31. The maximum absolute atomic E-state index is 12.8. The van der Waals surface area contributed by atoms with Gasteiger partial charge in [-0.15, -0.1) is 0 Å². The SMILES string of the molecule is Cc1ccc(S(=O)(=O)n2cc([N+](=O)[O-])c3cc(C)ccc32)cc1. The van der Waals surface area contributed by atoms with Crippen molar-refractivity contribution in [2.75, 3.05) is 0 Å². The van der Waals surface area contributed by atoms with E-state index in [0.29, 0.717) is 10.9 Å². The van der Waals surface area contributed by atoms with E-state index in [1.165, 1.54) is 12.1 Å². The molecule has 6 nitrogen and oxygen atoms in total. The van der Waals surface area contributed by atoms with Gasteiger partial charge in [-0.3, -0.25) is 10.1 Å². The van der Waals surface area contributed by atoms with E-state index in [4.69, 9.17) is 0 Å². The third-order valence-corrected chi connectivity index (χ3v) is 5.37. The van der Waals surface area contributed by atoms with Gasteiger partial charge in [-0.1, -0.05) is 29.3 Å². The maximum atomic E-state index is 12.8. The van der Waals surface area contributed by atoms with E-state index < -0.39 is 14.9 Å². The second-order valence-electron chi connectivity index (χ2n) is 5.41. The van der Waals surface area contributed by atoms with Crippen LogP contribution in [0.5, 0.6) is 0 Å². The van der Waals surface area contributed by atoms with Crippen molar-refractivity contribution in [1.82, 2.24) is 3.97 Å². The monoisotopic (exact) mass is 330 g/mol. The van der Waals surface area contributed by atoms with Gasteiger partial charge in [0, 0.05) is 0 Å². The molecular weight excluding hydrogens is 316 g/mol. The van der Waals surface area contributed by atoms with E-state index in [1.807, 2.05) is 6.92 Å². The van der Waals surface area contributed by atoms with Crippen LogP contribution in [0.1, 0.15) is 11.1 Å². The number of benzene rings is 2. The molecule has 7 heteroatoms. The second-order valence-corrected chi connectivity index (χ2v) is 7.22. The normalized spacial score (nSPS) is 11.7. The molecule has 0 radical (unpaired) electrons. The third-order valence-electron chi connectivity index (χ3n) is 3.68. The molecule has 118 valence electrons. The van der Waals surface area contributed by atoms with Crippen molar-refractivity contribution in [3.8, 4) is 0 Å². The molecule has 23 heavy (non-hydrogen) atoms. The summed E-state index contributed by atoms with van der Waals surface area (Å²) in [7, 11) is -3.90. The van der Waals surface area contributed by atoms with Gasteiger partial charge < -0.3 is 0 Å². The highest BCUT2D eigenvalue weighted by molar-refractivity contribution is 7.90. The first-order valence-electron chi connectivity index (χ1n) is 6.89. The van der Waals surface area contributed by atoms with E-state index >= 15 is 0 Å². The molecular formula is C16H14N2O4S. The molecule has 0 atom stereocenters. The van der Waals surface area contributed by atoms with E-state index in [0.717, 1.165) is 21.3 Å². The van der Waals surface area contributed by atoms with Crippen LogP contribution in [0.15, 0.2) is 53.6 Å². The zero-order chi connectivity index (χ0) is 16.8. The standard InChI is InChI=1S/C16H14N2O4S/c1-11-3-6-13(7-4-11)23(21,22)17-10-16(18(19)20)14-9-12(2)5-8-15(14)17/h3-10H,1-2H3. The Morgan fingerprint density at radius 1 is 1.00 bits per heavy atom. The van der Waals surface area contributed by atoms with Crippen LogP contribution in [-0.4, -0.2) is 17.3 Å². The molecule has 0 aliphatic rings. The molecule has 3 rings (SSSR count). The van der Waals surface area contributed by atoms with Crippen LogP contribution in [-0.2, 0) is 10.0 Å². The van der Waals surface area contributed by atoms with Crippen molar-refractivity contribution < 1.29 is 13.3 Å². The zero-order valence-electron chi connectivity index (χ0n) is 12.6. The van der Waals surface area contributed by atoms with Crippen molar-refractivity contribution in [1.29, 1.82) is 0 Å². The fourth-order valence-corrected chi connectivity index (χ4v) is 3.83. The molecule has 1 heterocycles. The lowest BCUT2D eigenvalue weighted by atomic mass is 10.2. The highest BCUT2D eigenvalue weighted by atomic mass is 32.2. The lowest BCUT2D eigenvalue weighted by Crippen LogP contribution is -2.11. The molecule has 3 aromatic rings. The Labute approximate surface area is 133 Å². The van der Waals surface area contributed by atoms with Crippen LogP contribution in [0.4, 0.5) is 5.69 Å². The minimum absolute atomic E-state index is 0.0930. The average molecular weight is 330 g/mol. The molecule has 1 aromatic heterocycles. The lowest BCUT2D eigenvalue weighted by Gasteiger charge is -2.07. The molecule has 0 fully saturated rings. The molecule has 0 amide bonds. The first-order chi connectivity index (χ1) is 10.8. The molecule has 0 N–H and O–H groups in total. The van der Waals surface area contributed by atoms with E-state index in [-0.39, 0.29) is 10.6 Å². The molecule has 0 bridgehead atoms. The largest absolute Gasteiger partial charge is 0.295 e. The molecule has 2 aromatic carbocycles. The van der Waals surface area contributed by atoms with Crippen LogP contribution in [0.3, 0.4) is 0 Å². The summed E-state index contributed by atoms with van der Waals surface area (Å²) in [5.41, 5.74) is 1.83. The minimum Gasteiger partial charge on any atom is -0.258 e. The Morgan fingerprint density at radius 2 is 1.61 bits per heavy atom. The quantitative estimate of drug-likeness (QED) is 0.544. The number of hydrogen-bond donors (Lipinski definition) is 0. The summed E-state index contributed by atoms with van der Waals surface area (Å²) >= 11 is 0. The average Bonchev–Trinajstić information content (AvgIpc) is 2.87. The Kier molecular flexibility index (Phi) is 3.45. The summed E-state index contributed by atoms with van der Waals surface area (Å²) in [6, 6.07) is 11.3. The van der Waals surface area contributed by atoms with Gasteiger partial charge in [-0.25, -0.2) is 12.4 Å². The van der Waals surface area contributed by atoms with Crippen molar-refractivity contribution in [2.45, 2.75) is 18.7 Å². The van der Waals surface area contributed by atoms with Gasteiger partial charge in [0.2, 0.25) is 0 Å². The van der Waals surface area contributed by atoms with Crippen molar-refractivity contribution >= 4 is 26.6 Å². The molecule has 0 saturated carbocycles. The second kappa shape index (κ2) is 5.20. The van der Waals surface area contributed by atoms with Gasteiger partial charge in [-0.2, -0.15) is 0 Å². The molecule has 0 aliphatic heterocycles. The lowest BCUT2D eigenvalue weighted by molar-refractivity contribution is -0.383. The van der Waals surface area contributed by atoms with Crippen LogP contribution in [0.2, 0.25) is 0 Å². The summed E-state index contributed by atoms with van der Waals surface area (Å²) in [6.07, 6.45) is 1.07. The summed E-state index contributed by atoms with van der Waals surface area (Å²) < 4.78 is 26.6. The van der Waals surface area contributed by atoms with Crippen LogP contribution < -0.4 is 0 Å². The Hall–Kier alpha value is -2.67. The number of fused-ring (bicyclic) bond motifs is 1. The summed E-state index contributed by atoms with van der Waals surface area (Å²) in [4.78, 5) is 10.8. The number of aromatic nitrogens is 1. The number of hydrogen-bond acceptors (Lipinski definition) is 4. The van der Waals surface area contributed by atoms with E-state index in [9.17, 15) is 18.5 Å². The van der Waals surface area contributed by atoms with Crippen LogP contribution in [0, 0.1) is 24.0 Å². The third kappa shape index (κ3) is 2.49. The molecule has 0 saturated heterocycles. The van der Waals surface area contributed by atoms with Gasteiger partial charge in [0.25, 0.3) is 15.7 Å². The highest BCUT2D eigenvalue weighted by Gasteiger charge is 2.25. The summed E-state index contributed by atoms with van der Waals surface area (Å²) in [5.74, 6) is 0. The van der Waals surface area contributed by atoms with E-state index in [2.05, 4.69) is 0 Å². The van der Waals surface area contributed by atoms with Gasteiger partial charge in [0.05, 0.1) is 26.9 Å². The van der Waals surface area contributed by atoms with Crippen LogP contribution in [0.25, 0.3) is 10.9 Å². The zero-order valence-corrected chi connectivity index (χ0v) is 13.4. The predicted molar refractivity (Wildman–Crippen MR) is 87.1 cm³/mol. The molecule has 0 unspecified atom stereocenters. The predicted octanol–water partition coefficient (Wildman–Crippen LogP) is 3.40. The topological polar surface area (TPSA) is 82.2 Å². The summed E-state index contributed by atoms with van der Waals surface area (Å²) in [6.45, 7) is 3.66. The van der Waals surface area contributed by atoms with E-state index in [1.54, 1.807) is 37.3 Å². The minimum atomic E-state index is -3.90. The van der Waals surface area contributed by atoms with Gasteiger partial charge >= 0.3 is 0 Å². The number of nitrogens with zero attached hydrogens (tertiary/aromatic N) is 2. The maximum Gasteiger partial charge on any atom is 0.295 e. The van der Waals surface area contributed by atoms with Gasteiger partial charge in [-0.05, 0) is 38.1 Å². The Balaban J connectivity index is 2.31. The van der Waals surface area contributed by atoms with Crippen LogP contribution >= 0.6 is 0 Å².